The number of aromatic nitrogens is 4. The SMILES string of the molecule is CC[C@H](C(=O)NCc1cc(COC)n[nH]1)n1cccn1. The molecule has 7 nitrogen and oxygen atoms in total. The molecular weight excluding hydrogens is 258 g/mol. The molecule has 1 amide bonds. The highest BCUT2D eigenvalue weighted by molar-refractivity contribution is 5.80. The van der Waals surface area contributed by atoms with Gasteiger partial charge in [-0.1, -0.05) is 6.92 Å². The van der Waals surface area contributed by atoms with Crippen LogP contribution in [0.25, 0.3) is 0 Å². The van der Waals surface area contributed by atoms with E-state index in [1.165, 1.54) is 0 Å². The van der Waals surface area contributed by atoms with Gasteiger partial charge in [0.15, 0.2) is 0 Å². The van der Waals surface area contributed by atoms with Crippen molar-refractivity contribution in [2.24, 2.45) is 0 Å². The molecule has 2 heterocycles. The van der Waals surface area contributed by atoms with Crippen LogP contribution in [-0.2, 0) is 22.7 Å². The number of carbonyl (C=O) groups excluding carboxylic acids is 1. The van der Waals surface area contributed by atoms with E-state index in [1.54, 1.807) is 24.2 Å². The second kappa shape index (κ2) is 6.85. The Morgan fingerprint density at radius 3 is 3.10 bits per heavy atom. The standard InChI is InChI=1S/C13H19N5O2/c1-3-12(18-6-4-5-15-18)13(19)14-8-10-7-11(9-20-2)17-16-10/h4-7,12H,3,8-9H2,1-2H3,(H,14,19)(H,16,17)/t12-/m1/s1. The van der Waals surface area contributed by atoms with Crippen molar-refractivity contribution in [3.05, 3.63) is 35.9 Å². The summed E-state index contributed by atoms with van der Waals surface area (Å²) in [5.41, 5.74) is 1.66. The molecule has 108 valence electrons. The maximum atomic E-state index is 12.1. The molecule has 1 atom stereocenters. The van der Waals surface area contributed by atoms with Crippen LogP contribution >= 0.6 is 0 Å². The number of carbonyl (C=O) groups is 1. The van der Waals surface area contributed by atoms with Crippen molar-refractivity contribution in [3.8, 4) is 0 Å². The molecule has 0 aliphatic rings. The smallest absolute Gasteiger partial charge is 0.245 e. The van der Waals surface area contributed by atoms with Gasteiger partial charge >= 0.3 is 0 Å². The number of rotatable bonds is 7. The number of nitrogens with zero attached hydrogens (tertiary/aromatic N) is 3. The fraction of sp³-hybridized carbons (Fsp3) is 0.462. The first-order valence-corrected chi connectivity index (χ1v) is 6.53. The van der Waals surface area contributed by atoms with Gasteiger partial charge in [0.05, 0.1) is 24.5 Å². The number of nitrogens with one attached hydrogen (secondary N) is 2. The van der Waals surface area contributed by atoms with Crippen molar-refractivity contribution in [1.82, 2.24) is 25.3 Å². The average molecular weight is 277 g/mol. The first-order chi connectivity index (χ1) is 9.74. The third kappa shape index (κ3) is 3.45. The quantitative estimate of drug-likeness (QED) is 0.791. The summed E-state index contributed by atoms with van der Waals surface area (Å²) in [6, 6.07) is 3.40. The first-order valence-electron chi connectivity index (χ1n) is 6.53. The molecule has 2 rings (SSSR count). The van der Waals surface area contributed by atoms with E-state index >= 15 is 0 Å². The normalized spacial score (nSPS) is 12.3. The van der Waals surface area contributed by atoms with Crippen molar-refractivity contribution in [1.29, 1.82) is 0 Å². The molecule has 20 heavy (non-hydrogen) atoms. The fourth-order valence-electron chi connectivity index (χ4n) is 1.98. The zero-order valence-corrected chi connectivity index (χ0v) is 11.7. The fourth-order valence-corrected chi connectivity index (χ4v) is 1.98. The summed E-state index contributed by atoms with van der Waals surface area (Å²) in [4.78, 5) is 12.1. The molecule has 0 fully saturated rings. The lowest BCUT2D eigenvalue weighted by molar-refractivity contribution is -0.124. The molecule has 2 aromatic rings. The monoisotopic (exact) mass is 277 g/mol. The van der Waals surface area contributed by atoms with E-state index in [1.807, 2.05) is 19.1 Å². The first kappa shape index (κ1) is 14.3. The number of hydrogen-bond acceptors (Lipinski definition) is 4. The number of aromatic amines is 1. The summed E-state index contributed by atoms with van der Waals surface area (Å²) >= 11 is 0. The minimum absolute atomic E-state index is 0.0564. The Kier molecular flexibility index (Phi) is 4.89. The molecule has 2 N–H and O–H groups in total. The van der Waals surface area contributed by atoms with E-state index in [9.17, 15) is 4.79 Å². The van der Waals surface area contributed by atoms with Crippen LogP contribution < -0.4 is 5.32 Å². The Labute approximate surface area is 117 Å². The van der Waals surface area contributed by atoms with E-state index in [2.05, 4.69) is 20.6 Å². The lowest BCUT2D eigenvalue weighted by Gasteiger charge is -2.14. The van der Waals surface area contributed by atoms with Gasteiger partial charge in [-0.3, -0.25) is 14.6 Å². The molecule has 0 saturated carbocycles. The van der Waals surface area contributed by atoms with E-state index in [0.29, 0.717) is 19.6 Å². The second-order valence-corrected chi connectivity index (χ2v) is 4.45. The highest BCUT2D eigenvalue weighted by Gasteiger charge is 2.18. The molecule has 0 radical (unpaired) electrons. The van der Waals surface area contributed by atoms with E-state index in [-0.39, 0.29) is 11.9 Å². The maximum Gasteiger partial charge on any atom is 0.245 e. The summed E-state index contributed by atoms with van der Waals surface area (Å²) < 4.78 is 6.66. The highest BCUT2D eigenvalue weighted by Crippen LogP contribution is 2.10. The number of methoxy groups -OCH3 is 1. The molecule has 0 unspecified atom stereocenters. The van der Waals surface area contributed by atoms with Gasteiger partial charge in [0.1, 0.15) is 6.04 Å². The van der Waals surface area contributed by atoms with Crippen molar-refractivity contribution in [3.63, 3.8) is 0 Å². The van der Waals surface area contributed by atoms with Crippen molar-refractivity contribution >= 4 is 5.91 Å². The summed E-state index contributed by atoms with van der Waals surface area (Å²) in [5.74, 6) is -0.0564. The Hall–Kier alpha value is -2.15. The van der Waals surface area contributed by atoms with Gasteiger partial charge in [0.25, 0.3) is 0 Å². The molecule has 0 spiro atoms. The van der Waals surface area contributed by atoms with Gasteiger partial charge in [-0.05, 0) is 18.6 Å². The van der Waals surface area contributed by atoms with Crippen LogP contribution in [-0.4, -0.2) is 33.0 Å². The summed E-state index contributed by atoms with van der Waals surface area (Å²) in [5, 5.41) is 13.9. The molecule has 0 aliphatic carbocycles. The molecular formula is C13H19N5O2. The zero-order valence-electron chi connectivity index (χ0n) is 11.7. The molecule has 0 aromatic carbocycles. The molecule has 2 aromatic heterocycles. The Morgan fingerprint density at radius 2 is 2.45 bits per heavy atom. The van der Waals surface area contributed by atoms with E-state index < -0.39 is 0 Å². The lowest BCUT2D eigenvalue weighted by atomic mass is 10.2. The summed E-state index contributed by atoms with van der Waals surface area (Å²) in [7, 11) is 1.62. The number of amides is 1. The summed E-state index contributed by atoms with van der Waals surface area (Å²) in [6.45, 7) is 2.82. The van der Waals surface area contributed by atoms with Crippen LogP contribution in [0.1, 0.15) is 30.8 Å². The number of hydrogen-bond donors (Lipinski definition) is 2. The highest BCUT2D eigenvalue weighted by atomic mass is 16.5. The third-order valence-corrected chi connectivity index (χ3v) is 2.96. The topological polar surface area (TPSA) is 84.8 Å². The van der Waals surface area contributed by atoms with Crippen LogP contribution in [0.2, 0.25) is 0 Å². The predicted octanol–water partition coefficient (Wildman–Crippen LogP) is 1.02. The van der Waals surface area contributed by atoms with Crippen LogP contribution in [0, 0.1) is 0 Å². The summed E-state index contributed by atoms with van der Waals surface area (Å²) in [6.07, 6.45) is 4.15. The van der Waals surface area contributed by atoms with Crippen LogP contribution in [0.5, 0.6) is 0 Å². The van der Waals surface area contributed by atoms with Gasteiger partial charge in [0, 0.05) is 19.5 Å². The molecule has 7 heteroatoms. The lowest BCUT2D eigenvalue weighted by Crippen LogP contribution is -2.32. The van der Waals surface area contributed by atoms with Crippen LogP contribution in [0.3, 0.4) is 0 Å². The Balaban J connectivity index is 1.90. The molecule has 0 bridgehead atoms. The Morgan fingerprint density at radius 1 is 1.60 bits per heavy atom. The Bertz CT molecular complexity index is 535. The average Bonchev–Trinajstić information content (AvgIpc) is 3.09. The number of H-pyrrole nitrogens is 1. The molecule has 0 saturated heterocycles. The van der Waals surface area contributed by atoms with Crippen LogP contribution in [0.4, 0.5) is 0 Å². The molecule has 0 aliphatic heterocycles. The van der Waals surface area contributed by atoms with E-state index in [4.69, 9.17) is 4.74 Å². The minimum Gasteiger partial charge on any atom is -0.378 e. The zero-order chi connectivity index (χ0) is 14.4. The van der Waals surface area contributed by atoms with Crippen molar-refractivity contribution < 1.29 is 9.53 Å². The van der Waals surface area contributed by atoms with Gasteiger partial charge in [-0.2, -0.15) is 10.2 Å². The number of ether oxygens (including phenoxy) is 1. The van der Waals surface area contributed by atoms with Gasteiger partial charge in [0.2, 0.25) is 5.91 Å². The van der Waals surface area contributed by atoms with Gasteiger partial charge < -0.3 is 10.1 Å². The third-order valence-electron chi connectivity index (χ3n) is 2.96. The van der Waals surface area contributed by atoms with Crippen LogP contribution in [0.15, 0.2) is 24.5 Å². The van der Waals surface area contributed by atoms with Crippen molar-refractivity contribution in [2.45, 2.75) is 32.5 Å². The van der Waals surface area contributed by atoms with E-state index in [0.717, 1.165) is 11.4 Å². The second-order valence-electron chi connectivity index (χ2n) is 4.45. The largest absolute Gasteiger partial charge is 0.378 e. The van der Waals surface area contributed by atoms with Gasteiger partial charge in [-0.15, -0.1) is 0 Å². The maximum absolute atomic E-state index is 12.1. The van der Waals surface area contributed by atoms with Gasteiger partial charge in [-0.25, -0.2) is 0 Å². The van der Waals surface area contributed by atoms with Crippen molar-refractivity contribution in [2.75, 3.05) is 7.11 Å². The minimum atomic E-state index is -0.286. The predicted molar refractivity (Wildman–Crippen MR) is 72.7 cm³/mol.